The number of rotatable bonds is 3. The third-order valence-electron chi connectivity index (χ3n) is 7.20. The van der Waals surface area contributed by atoms with Crippen LogP contribution < -0.4 is 20.4 Å². The zero-order valence-electron chi connectivity index (χ0n) is 20.5. The maximum absolute atomic E-state index is 13.1. The number of fused-ring (bicyclic) bond motifs is 5. The van der Waals surface area contributed by atoms with Crippen molar-refractivity contribution in [2.45, 2.75) is 13.8 Å². The van der Waals surface area contributed by atoms with Gasteiger partial charge in [0, 0.05) is 16.7 Å². The molecule has 0 aromatic heterocycles. The summed E-state index contributed by atoms with van der Waals surface area (Å²) in [6.07, 6.45) is 0. The quantitative estimate of drug-likeness (QED) is 0.205. The number of carbonyl (C=O) groups is 3. The van der Waals surface area contributed by atoms with Gasteiger partial charge in [-0.05, 0) is 73.5 Å². The molecule has 38 heavy (non-hydrogen) atoms. The number of anilines is 1. The van der Waals surface area contributed by atoms with Crippen molar-refractivity contribution < 1.29 is 19.1 Å². The van der Waals surface area contributed by atoms with E-state index in [1.165, 1.54) is 0 Å². The van der Waals surface area contributed by atoms with Gasteiger partial charge in [0.2, 0.25) is 0 Å². The Bertz CT molecular complexity index is 1880. The molecule has 3 aliphatic heterocycles. The van der Waals surface area contributed by atoms with Crippen LogP contribution in [0.3, 0.4) is 0 Å². The van der Waals surface area contributed by atoms with Crippen LogP contribution in [0, 0.1) is 6.92 Å². The van der Waals surface area contributed by atoms with E-state index >= 15 is 0 Å². The first kappa shape index (κ1) is 22.1. The monoisotopic (exact) mass is 497 g/mol. The second-order valence-corrected chi connectivity index (χ2v) is 9.38. The number of esters is 1. The van der Waals surface area contributed by atoms with E-state index in [1.54, 1.807) is 48.5 Å². The van der Waals surface area contributed by atoms with Crippen molar-refractivity contribution in [1.82, 2.24) is 0 Å². The van der Waals surface area contributed by atoms with Crippen molar-refractivity contribution in [3.63, 3.8) is 0 Å². The maximum atomic E-state index is 13.1. The normalized spacial score (nSPS) is 14.5. The predicted octanol–water partition coefficient (Wildman–Crippen LogP) is 4.70. The van der Waals surface area contributed by atoms with Crippen LogP contribution in [0.5, 0.6) is 5.75 Å². The van der Waals surface area contributed by atoms with Crippen LogP contribution in [0.25, 0.3) is 16.7 Å². The van der Waals surface area contributed by atoms with Gasteiger partial charge in [0.15, 0.2) is 5.70 Å². The molecule has 0 atom stereocenters. The number of amides is 2. The molecule has 4 aromatic carbocycles. The fraction of sp³-hybridized carbons (Fsp3) is 0.0645. The van der Waals surface area contributed by atoms with E-state index in [0.29, 0.717) is 16.8 Å². The van der Waals surface area contributed by atoms with Gasteiger partial charge in [0.05, 0.1) is 33.2 Å². The number of ether oxygens (including phenoxy) is 1. The van der Waals surface area contributed by atoms with Crippen LogP contribution in [0.1, 0.15) is 38.8 Å². The lowest BCUT2D eigenvalue weighted by molar-refractivity contribution is -0.130. The molecule has 3 aliphatic rings. The number of hydrogen-bond acceptors (Lipinski definition) is 6. The van der Waals surface area contributed by atoms with Gasteiger partial charge in [-0.3, -0.25) is 9.59 Å². The van der Waals surface area contributed by atoms with Crippen molar-refractivity contribution in [2.24, 2.45) is 9.98 Å². The van der Waals surface area contributed by atoms with Crippen LogP contribution in [-0.4, -0.2) is 17.8 Å². The Kier molecular flexibility index (Phi) is 4.59. The largest absolute Gasteiger partial charge is 0.422 e. The number of carbonyl (C=O) groups excluding carboxylic acids is 3. The van der Waals surface area contributed by atoms with E-state index < -0.39 is 5.97 Å². The number of imide groups is 1. The van der Waals surface area contributed by atoms with Crippen molar-refractivity contribution >= 4 is 34.7 Å². The number of nitrogens with zero attached hydrogens (tertiary/aromatic N) is 3. The Morgan fingerprint density at radius 3 is 2.08 bits per heavy atom. The molecule has 0 spiro atoms. The smallest absolute Gasteiger partial charge is 0.362 e. The van der Waals surface area contributed by atoms with E-state index in [-0.39, 0.29) is 23.3 Å². The highest BCUT2D eigenvalue weighted by Gasteiger charge is 2.36. The van der Waals surface area contributed by atoms with Crippen molar-refractivity contribution in [3.8, 4) is 16.9 Å². The third-order valence-corrected chi connectivity index (χ3v) is 7.20. The molecule has 7 rings (SSSR count). The molecule has 3 heterocycles. The first-order valence-electron chi connectivity index (χ1n) is 12.1. The van der Waals surface area contributed by atoms with Crippen LogP contribution in [0.4, 0.5) is 11.4 Å². The van der Waals surface area contributed by atoms with E-state index in [2.05, 4.69) is 4.99 Å². The van der Waals surface area contributed by atoms with Crippen molar-refractivity contribution in [3.05, 3.63) is 118 Å². The zero-order chi connectivity index (χ0) is 26.1. The van der Waals surface area contributed by atoms with E-state index in [9.17, 15) is 14.4 Å². The highest BCUT2D eigenvalue weighted by molar-refractivity contribution is 6.34. The van der Waals surface area contributed by atoms with Gasteiger partial charge in [-0.25, -0.2) is 19.7 Å². The van der Waals surface area contributed by atoms with Gasteiger partial charge < -0.3 is 4.74 Å². The van der Waals surface area contributed by atoms with Crippen molar-refractivity contribution in [1.29, 1.82) is 0 Å². The summed E-state index contributed by atoms with van der Waals surface area (Å²) >= 11 is 0. The maximum Gasteiger partial charge on any atom is 0.362 e. The summed E-state index contributed by atoms with van der Waals surface area (Å²) < 4.78 is 5.63. The number of benzene rings is 4. The predicted molar refractivity (Wildman–Crippen MR) is 141 cm³/mol. The Labute approximate surface area is 217 Å². The summed E-state index contributed by atoms with van der Waals surface area (Å²) in [7, 11) is 0. The lowest BCUT2D eigenvalue weighted by Crippen LogP contribution is -2.29. The van der Waals surface area contributed by atoms with Gasteiger partial charge in [0.25, 0.3) is 11.8 Å². The summed E-state index contributed by atoms with van der Waals surface area (Å²) in [5.74, 6) is -1.06. The molecule has 182 valence electrons. The van der Waals surface area contributed by atoms with Crippen LogP contribution in [0.15, 0.2) is 94.5 Å². The third kappa shape index (κ3) is 3.05. The molecule has 4 aromatic rings. The molecular formula is C31H19N3O4. The molecule has 7 heteroatoms. The standard InChI is InChI=1S/C31H19N3O4/c1-16-26-17(2)28(33-25(26)15-23-20-7-5-6-10-24(20)32-27(16)23)31(37)38-19-13-11-18(12-14-19)34-29(35)21-8-3-4-9-22(21)30(34)36/h3-15H,1-2H3. The highest BCUT2D eigenvalue weighted by Crippen LogP contribution is 2.35. The van der Waals surface area contributed by atoms with E-state index in [1.807, 2.05) is 44.2 Å². The molecule has 0 saturated carbocycles. The van der Waals surface area contributed by atoms with Crippen LogP contribution in [0.2, 0.25) is 0 Å². The molecule has 0 N–H and O–H groups in total. The minimum Gasteiger partial charge on any atom is -0.422 e. The number of hydrogen-bond donors (Lipinski definition) is 0. The first-order valence-corrected chi connectivity index (χ1v) is 12.1. The molecule has 2 amide bonds. The van der Waals surface area contributed by atoms with Gasteiger partial charge in [-0.1, -0.05) is 30.3 Å². The Morgan fingerprint density at radius 2 is 1.39 bits per heavy atom. The summed E-state index contributed by atoms with van der Waals surface area (Å²) in [6.45, 7) is 3.86. The van der Waals surface area contributed by atoms with Gasteiger partial charge in [-0.2, -0.15) is 0 Å². The lowest BCUT2D eigenvalue weighted by Gasteiger charge is -2.14. The average Bonchev–Trinajstić information content (AvgIpc) is 3.55. The highest BCUT2D eigenvalue weighted by atomic mass is 16.5. The molecule has 0 saturated heterocycles. The van der Waals surface area contributed by atoms with E-state index in [4.69, 9.17) is 9.73 Å². The van der Waals surface area contributed by atoms with Crippen LogP contribution in [-0.2, 0) is 4.79 Å². The van der Waals surface area contributed by atoms with Gasteiger partial charge in [0.1, 0.15) is 5.75 Å². The Morgan fingerprint density at radius 1 is 0.763 bits per heavy atom. The SMILES string of the molecule is CC1=C(C(=O)Oc2ccc(N3C(=O)c4ccccc4C3=O)cc2)N=c2cc3c(c(C)c21)=Nc1ccccc1-3. The lowest BCUT2D eigenvalue weighted by atomic mass is 9.96. The first-order chi connectivity index (χ1) is 18.4. The number of para-hydroxylation sites is 1. The summed E-state index contributed by atoms with van der Waals surface area (Å²) in [6, 6.07) is 22.9. The molecule has 0 aliphatic carbocycles. The second-order valence-electron chi connectivity index (χ2n) is 9.38. The zero-order valence-corrected chi connectivity index (χ0v) is 20.5. The van der Waals surface area contributed by atoms with E-state index in [0.717, 1.165) is 49.1 Å². The number of allylic oxidation sites excluding steroid dienone is 1. The molecule has 0 unspecified atom stereocenters. The fourth-order valence-corrected chi connectivity index (χ4v) is 5.38. The second kappa shape index (κ2) is 7.91. The average molecular weight is 498 g/mol. The Hall–Kier alpha value is -5.17. The molecular weight excluding hydrogens is 478 g/mol. The minimum atomic E-state index is -0.580. The summed E-state index contributed by atoms with van der Waals surface area (Å²) in [5, 5.41) is 1.62. The summed E-state index contributed by atoms with van der Waals surface area (Å²) in [5.41, 5.74) is 6.98. The molecule has 0 fully saturated rings. The van der Waals surface area contributed by atoms with Crippen molar-refractivity contribution in [2.75, 3.05) is 4.90 Å². The molecule has 7 nitrogen and oxygen atoms in total. The topological polar surface area (TPSA) is 88.4 Å². The summed E-state index contributed by atoms with van der Waals surface area (Å²) in [4.78, 5) is 49.2. The molecule has 0 radical (unpaired) electrons. The fourth-order valence-electron chi connectivity index (χ4n) is 5.38. The van der Waals surface area contributed by atoms with Gasteiger partial charge >= 0.3 is 5.97 Å². The minimum absolute atomic E-state index is 0.240. The van der Waals surface area contributed by atoms with Gasteiger partial charge in [-0.15, -0.1) is 0 Å². The molecule has 0 bridgehead atoms. The van der Waals surface area contributed by atoms with Crippen LogP contribution >= 0.6 is 0 Å². The Balaban J connectivity index is 1.16.